The summed E-state index contributed by atoms with van der Waals surface area (Å²) in [6.07, 6.45) is 1.90. The van der Waals surface area contributed by atoms with Gasteiger partial charge in [-0.2, -0.15) is 0 Å². The molecule has 0 unspecified atom stereocenters. The first-order chi connectivity index (χ1) is 5.86. The van der Waals surface area contributed by atoms with Crippen LogP contribution in [0.2, 0.25) is 0 Å². The molecule has 0 fully saturated rings. The molecular formula is C9H10N2O. The van der Waals surface area contributed by atoms with Gasteiger partial charge in [-0.1, -0.05) is 23.8 Å². The Morgan fingerprint density at radius 1 is 1.25 bits per heavy atom. The number of allylic oxidation sites excluding steroid dienone is 1. The highest BCUT2D eigenvalue weighted by atomic mass is 16.7. The lowest BCUT2D eigenvalue weighted by Crippen LogP contribution is -2.26. The standard InChI is InChI=1S/C9H10N2O/c1-8-7-11(10-12-8)9-5-3-2-4-6-9/h2-7,10H,1H3. The molecule has 0 aliphatic carbocycles. The van der Waals surface area contributed by atoms with Crippen molar-refractivity contribution in [3.05, 3.63) is 42.3 Å². The van der Waals surface area contributed by atoms with Crippen molar-refractivity contribution in [2.24, 2.45) is 0 Å². The largest absolute Gasteiger partial charge is 0.392 e. The predicted molar refractivity (Wildman–Crippen MR) is 46.9 cm³/mol. The van der Waals surface area contributed by atoms with Gasteiger partial charge in [-0.25, -0.2) is 5.01 Å². The van der Waals surface area contributed by atoms with Gasteiger partial charge >= 0.3 is 0 Å². The molecule has 1 aromatic carbocycles. The molecule has 0 amide bonds. The van der Waals surface area contributed by atoms with E-state index in [1.807, 2.05) is 48.5 Å². The van der Waals surface area contributed by atoms with Gasteiger partial charge in [0.05, 0.1) is 11.9 Å². The average Bonchev–Trinajstić information content (AvgIpc) is 2.54. The molecule has 3 heteroatoms. The second kappa shape index (κ2) is 2.87. The van der Waals surface area contributed by atoms with E-state index in [0.717, 1.165) is 11.4 Å². The lowest BCUT2D eigenvalue weighted by Gasteiger charge is -2.12. The molecular weight excluding hydrogens is 152 g/mol. The summed E-state index contributed by atoms with van der Waals surface area (Å²) in [6, 6.07) is 9.96. The van der Waals surface area contributed by atoms with E-state index in [-0.39, 0.29) is 0 Å². The second-order valence-corrected chi connectivity index (χ2v) is 2.64. The third-order valence-electron chi connectivity index (χ3n) is 1.65. The zero-order valence-corrected chi connectivity index (χ0v) is 6.82. The first kappa shape index (κ1) is 7.18. The number of hydrogen-bond donors (Lipinski definition) is 1. The van der Waals surface area contributed by atoms with Crippen molar-refractivity contribution >= 4 is 5.69 Å². The molecule has 0 radical (unpaired) electrons. The molecule has 0 spiro atoms. The fourth-order valence-electron chi connectivity index (χ4n) is 1.07. The number of para-hydroxylation sites is 1. The van der Waals surface area contributed by atoms with Gasteiger partial charge in [0.1, 0.15) is 5.76 Å². The summed E-state index contributed by atoms with van der Waals surface area (Å²) in [4.78, 5) is 5.06. The molecule has 1 heterocycles. The maximum Gasteiger partial charge on any atom is 0.141 e. The molecule has 0 aromatic heterocycles. The summed E-state index contributed by atoms with van der Waals surface area (Å²) >= 11 is 0. The van der Waals surface area contributed by atoms with Crippen molar-refractivity contribution in [3.8, 4) is 0 Å². The number of hydrazine groups is 1. The van der Waals surface area contributed by atoms with Gasteiger partial charge in [-0.05, 0) is 19.1 Å². The van der Waals surface area contributed by atoms with Gasteiger partial charge in [-0.3, -0.25) is 0 Å². The lowest BCUT2D eigenvalue weighted by molar-refractivity contribution is 0.132. The number of rotatable bonds is 1. The first-order valence-electron chi connectivity index (χ1n) is 3.81. The Balaban J connectivity index is 2.22. The second-order valence-electron chi connectivity index (χ2n) is 2.64. The molecule has 0 atom stereocenters. The van der Waals surface area contributed by atoms with Crippen LogP contribution >= 0.6 is 0 Å². The van der Waals surface area contributed by atoms with Crippen LogP contribution in [-0.2, 0) is 4.84 Å². The Hall–Kier alpha value is -1.48. The molecule has 12 heavy (non-hydrogen) atoms. The Kier molecular flexibility index (Phi) is 1.72. The molecule has 1 aromatic rings. The van der Waals surface area contributed by atoms with Crippen LogP contribution < -0.4 is 10.6 Å². The zero-order valence-electron chi connectivity index (χ0n) is 6.82. The van der Waals surface area contributed by atoms with E-state index in [0.29, 0.717) is 0 Å². The molecule has 1 aliphatic heterocycles. The summed E-state index contributed by atoms with van der Waals surface area (Å²) in [5.41, 5.74) is 3.83. The number of anilines is 1. The van der Waals surface area contributed by atoms with Crippen LogP contribution in [0.3, 0.4) is 0 Å². The Morgan fingerprint density at radius 3 is 2.58 bits per heavy atom. The van der Waals surface area contributed by atoms with Gasteiger partial charge in [0, 0.05) is 0 Å². The van der Waals surface area contributed by atoms with Crippen LogP contribution in [0.4, 0.5) is 5.69 Å². The van der Waals surface area contributed by atoms with Gasteiger partial charge in [0.15, 0.2) is 0 Å². The monoisotopic (exact) mass is 162 g/mol. The number of nitrogens with zero attached hydrogens (tertiary/aromatic N) is 1. The molecule has 3 nitrogen and oxygen atoms in total. The van der Waals surface area contributed by atoms with Crippen LogP contribution in [-0.4, -0.2) is 0 Å². The molecule has 0 saturated carbocycles. The highest BCUT2D eigenvalue weighted by Crippen LogP contribution is 2.16. The van der Waals surface area contributed by atoms with Crippen molar-refractivity contribution in [1.29, 1.82) is 0 Å². The van der Waals surface area contributed by atoms with Crippen molar-refractivity contribution in [1.82, 2.24) is 5.59 Å². The predicted octanol–water partition coefficient (Wildman–Crippen LogP) is 1.80. The van der Waals surface area contributed by atoms with E-state index in [4.69, 9.17) is 4.84 Å². The third kappa shape index (κ3) is 1.26. The van der Waals surface area contributed by atoms with E-state index < -0.39 is 0 Å². The molecule has 1 aliphatic rings. The molecule has 2 rings (SSSR count). The molecule has 0 bridgehead atoms. The van der Waals surface area contributed by atoms with Crippen LogP contribution in [0.25, 0.3) is 0 Å². The third-order valence-corrected chi connectivity index (χ3v) is 1.65. The number of benzene rings is 1. The minimum atomic E-state index is 0.860. The average molecular weight is 162 g/mol. The maximum absolute atomic E-state index is 5.06. The van der Waals surface area contributed by atoms with E-state index in [1.54, 1.807) is 0 Å². The summed E-state index contributed by atoms with van der Waals surface area (Å²) in [7, 11) is 0. The topological polar surface area (TPSA) is 24.5 Å². The lowest BCUT2D eigenvalue weighted by atomic mass is 10.3. The quantitative estimate of drug-likeness (QED) is 0.681. The fraction of sp³-hybridized carbons (Fsp3) is 0.111. The zero-order chi connectivity index (χ0) is 8.39. The highest BCUT2D eigenvalue weighted by molar-refractivity contribution is 5.48. The number of hydrogen-bond acceptors (Lipinski definition) is 3. The normalized spacial score (nSPS) is 15.8. The Morgan fingerprint density at radius 2 is 2.00 bits per heavy atom. The Labute approximate surface area is 71.2 Å². The van der Waals surface area contributed by atoms with E-state index >= 15 is 0 Å². The van der Waals surface area contributed by atoms with Crippen molar-refractivity contribution in [2.75, 3.05) is 5.01 Å². The van der Waals surface area contributed by atoms with Crippen LogP contribution in [0.15, 0.2) is 42.3 Å². The van der Waals surface area contributed by atoms with E-state index in [2.05, 4.69) is 5.59 Å². The van der Waals surface area contributed by atoms with Crippen LogP contribution in [0.1, 0.15) is 6.92 Å². The van der Waals surface area contributed by atoms with Gasteiger partial charge in [0.2, 0.25) is 0 Å². The van der Waals surface area contributed by atoms with Gasteiger partial charge < -0.3 is 4.84 Å². The summed E-state index contributed by atoms with van der Waals surface area (Å²) in [5, 5.41) is 1.83. The van der Waals surface area contributed by atoms with Gasteiger partial charge in [-0.15, -0.1) is 0 Å². The summed E-state index contributed by atoms with van der Waals surface area (Å²) < 4.78 is 0. The summed E-state index contributed by atoms with van der Waals surface area (Å²) in [5.74, 6) is 0.860. The van der Waals surface area contributed by atoms with Crippen molar-refractivity contribution in [3.63, 3.8) is 0 Å². The van der Waals surface area contributed by atoms with Crippen molar-refractivity contribution < 1.29 is 4.84 Å². The van der Waals surface area contributed by atoms with Crippen molar-refractivity contribution in [2.45, 2.75) is 6.92 Å². The van der Waals surface area contributed by atoms with E-state index in [1.165, 1.54) is 0 Å². The van der Waals surface area contributed by atoms with Crippen LogP contribution in [0, 0.1) is 0 Å². The summed E-state index contributed by atoms with van der Waals surface area (Å²) in [6.45, 7) is 1.90. The van der Waals surface area contributed by atoms with Crippen LogP contribution in [0.5, 0.6) is 0 Å². The Bertz CT molecular complexity index is 295. The minimum Gasteiger partial charge on any atom is -0.392 e. The van der Waals surface area contributed by atoms with E-state index in [9.17, 15) is 0 Å². The van der Waals surface area contributed by atoms with Gasteiger partial charge in [0.25, 0.3) is 0 Å². The molecule has 62 valence electrons. The first-order valence-corrected chi connectivity index (χ1v) is 3.81. The SMILES string of the molecule is CC1=CN(c2ccccc2)NO1. The smallest absolute Gasteiger partial charge is 0.141 e. The fourth-order valence-corrected chi connectivity index (χ4v) is 1.07. The highest BCUT2D eigenvalue weighted by Gasteiger charge is 2.09. The molecule has 1 N–H and O–H groups in total. The number of nitrogens with one attached hydrogen (secondary N) is 1. The maximum atomic E-state index is 5.06. The minimum absolute atomic E-state index is 0.860. The molecule has 0 saturated heterocycles.